The van der Waals surface area contributed by atoms with Crippen molar-refractivity contribution in [1.82, 2.24) is 10.3 Å². The summed E-state index contributed by atoms with van der Waals surface area (Å²) in [5, 5.41) is 12.2. The molecular formula is C14H20N4. The lowest BCUT2D eigenvalue weighted by Gasteiger charge is -2.35. The lowest BCUT2D eigenvalue weighted by atomic mass is 9.90. The number of aromatic nitrogens is 1. The maximum absolute atomic E-state index is 8.88. The molecule has 1 aliphatic rings. The molecule has 2 rings (SSSR count). The molecule has 0 spiro atoms. The summed E-state index contributed by atoms with van der Waals surface area (Å²) >= 11 is 0. The van der Waals surface area contributed by atoms with Crippen LogP contribution in [0.5, 0.6) is 0 Å². The van der Waals surface area contributed by atoms with Crippen LogP contribution >= 0.6 is 0 Å². The zero-order valence-corrected chi connectivity index (χ0v) is 11.1. The first-order valence-corrected chi connectivity index (χ1v) is 6.51. The predicted octanol–water partition coefficient (Wildman–Crippen LogP) is 1.92. The van der Waals surface area contributed by atoms with E-state index < -0.39 is 0 Å². The fourth-order valence-corrected chi connectivity index (χ4v) is 2.66. The maximum Gasteiger partial charge on any atom is 0.142 e. The summed E-state index contributed by atoms with van der Waals surface area (Å²) in [5.41, 5.74) is 1.58. The maximum atomic E-state index is 8.88. The summed E-state index contributed by atoms with van der Waals surface area (Å²) in [6.45, 7) is 0. The Morgan fingerprint density at radius 2 is 2.11 bits per heavy atom. The number of pyridine rings is 1. The van der Waals surface area contributed by atoms with Crippen molar-refractivity contribution in [3.63, 3.8) is 0 Å². The smallest absolute Gasteiger partial charge is 0.142 e. The first-order valence-electron chi connectivity index (χ1n) is 6.51. The standard InChI is InChI=1S/C14H20N4/c1-16-11-3-5-13(6-4-11)18(2)14-7-8-17-12(9-14)10-15/h7-9,11,13,16H,3-6H2,1-2H3. The minimum Gasteiger partial charge on any atom is -0.371 e. The number of nitrogens with zero attached hydrogens (tertiary/aromatic N) is 3. The average Bonchev–Trinajstić information content (AvgIpc) is 2.46. The third-order valence-corrected chi connectivity index (χ3v) is 3.92. The van der Waals surface area contributed by atoms with Gasteiger partial charge in [-0.3, -0.25) is 0 Å². The van der Waals surface area contributed by atoms with Crippen molar-refractivity contribution in [2.75, 3.05) is 19.0 Å². The quantitative estimate of drug-likeness (QED) is 0.882. The second-order valence-corrected chi connectivity index (χ2v) is 4.92. The van der Waals surface area contributed by atoms with E-state index in [-0.39, 0.29) is 0 Å². The van der Waals surface area contributed by atoms with Crippen molar-refractivity contribution in [3.05, 3.63) is 24.0 Å². The van der Waals surface area contributed by atoms with Crippen LogP contribution in [0.1, 0.15) is 31.4 Å². The van der Waals surface area contributed by atoms with Crippen molar-refractivity contribution in [3.8, 4) is 6.07 Å². The highest BCUT2D eigenvalue weighted by Gasteiger charge is 2.23. The van der Waals surface area contributed by atoms with E-state index in [1.165, 1.54) is 25.7 Å². The molecule has 0 bridgehead atoms. The fraction of sp³-hybridized carbons (Fsp3) is 0.571. The van der Waals surface area contributed by atoms with Crippen LogP contribution in [0.2, 0.25) is 0 Å². The molecule has 0 radical (unpaired) electrons. The van der Waals surface area contributed by atoms with E-state index in [1.807, 2.05) is 19.2 Å². The zero-order valence-electron chi connectivity index (χ0n) is 11.1. The Labute approximate surface area is 109 Å². The van der Waals surface area contributed by atoms with Gasteiger partial charge in [0.05, 0.1) is 0 Å². The Kier molecular flexibility index (Phi) is 4.16. The number of hydrogen-bond acceptors (Lipinski definition) is 4. The first kappa shape index (κ1) is 12.8. The Balaban J connectivity index is 2.03. The number of nitrogens with one attached hydrogen (secondary N) is 1. The van der Waals surface area contributed by atoms with Crippen molar-refractivity contribution < 1.29 is 0 Å². The summed E-state index contributed by atoms with van der Waals surface area (Å²) in [7, 11) is 4.15. The summed E-state index contributed by atoms with van der Waals surface area (Å²) in [4.78, 5) is 6.30. The molecule has 0 amide bonds. The fourth-order valence-electron chi connectivity index (χ4n) is 2.66. The first-order chi connectivity index (χ1) is 8.74. The number of anilines is 1. The molecular weight excluding hydrogens is 224 g/mol. The largest absolute Gasteiger partial charge is 0.371 e. The number of nitriles is 1. The minimum absolute atomic E-state index is 0.489. The molecule has 0 aromatic carbocycles. The van der Waals surface area contributed by atoms with Gasteiger partial charge in [0.25, 0.3) is 0 Å². The van der Waals surface area contributed by atoms with Crippen LogP contribution < -0.4 is 10.2 Å². The van der Waals surface area contributed by atoms with Gasteiger partial charge in [-0.05, 0) is 44.9 Å². The molecule has 1 aliphatic carbocycles. The monoisotopic (exact) mass is 244 g/mol. The van der Waals surface area contributed by atoms with Gasteiger partial charge < -0.3 is 10.2 Å². The topological polar surface area (TPSA) is 52.0 Å². The van der Waals surface area contributed by atoms with Gasteiger partial charge in [0.2, 0.25) is 0 Å². The Morgan fingerprint density at radius 1 is 1.39 bits per heavy atom. The number of rotatable bonds is 3. The molecule has 1 N–H and O–H groups in total. The molecule has 1 aromatic heterocycles. The van der Waals surface area contributed by atoms with Crippen LogP contribution in [0.4, 0.5) is 5.69 Å². The number of hydrogen-bond donors (Lipinski definition) is 1. The highest BCUT2D eigenvalue weighted by molar-refractivity contribution is 5.49. The molecule has 4 heteroatoms. The molecule has 0 aliphatic heterocycles. The van der Waals surface area contributed by atoms with Crippen LogP contribution in [0, 0.1) is 11.3 Å². The van der Waals surface area contributed by atoms with Gasteiger partial charge >= 0.3 is 0 Å². The Morgan fingerprint density at radius 3 is 2.72 bits per heavy atom. The van der Waals surface area contributed by atoms with Gasteiger partial charge in [0.15, 0.2) is 0 Å². The third kappa shape index (κ3) is 2.80. The Hall–Kier alpha value is -1.60. The normalized spacial score (nSPS) is 23.4. The van der Waals surface area contributed by atoms with Gasteiger partial charge in [-0.1, -0.05) is 0 Å². The predicted molar refractivity (Wildman–Crippen MR) is 72.5 cm³/mol. The highest BCUT2D eigenvalue weighted by Crippen LogP contribution is 2.26. The highest BCUT2D eigenvalue weighted by atomic mass is 15.1. The second-order valence-electron chi connectivity index (χ2n) is 4.92. The van der Waals surface area contributed by atoms with E-state index in [4.69, 9.17) is 5.26 Å². The summed E-state index contributed by atoms with van der Waals surface area (Å²) in [6.07, 6.45) is 6.56. The van der Waals surface area contributed by atoms with Crippen LogP contribution in [-0.4, -0.2) is 31.2 Å². The zero-order chi connectivity index (χ0) is 13.0. The Bertz CT molecular complexity index is 430. The van der Waals surface area contributed by atoms with E-state index in [9.17, 15) is 0 Å². The van der Waals surface area contributed by atoms with Crippen molar-refractivity contribution in [2.24, 2.45) is 0 Å². The molecule has 1 saturated carbocycles. The van der Waals surface area contributed by atoms with E-state index in [0.717, 1.165) is 5.69 Å². The summed E-state index contributed by atoms with van der Waals surface area (Å²) < 4.78 is 0. The molecule has 1 heterocycles. The molecule has 18 heavy (non-hydrogen) atoms. The van der Waals surface area contributed by atoms with E-state index >= 15 is 0 Å². The molecule has 1 fully saturated rings. The third-order valence-electron chi connectivity index (χ3n) is 3.92. The SMILES string of the molecule is CNC1CCC(N(C)c2ccnc(C#N)c2)CC1. The summed E-state index contributed by atoms with van der Waals surface area (Å²) in [5.74, 6) is 0. The average molecular weight is 244 g/mol. The van der Waals surface area contributed by atoms with Crippen LogP contribution in [-0.2, 0) is 0 Å². The van der Waals surface area contributed by atoms with Crippen molar-refractivity contribution in [2.45, 2.75) is 37.8 Å². The molecule has 1 aromatic rings. The van der Waals surface area contributed by atoms with Crippen LogP contribution in [0.25, 0.3) is 0 Å². The van der Waals surface area contributed by atoms with Crippen LogP contribution in [0.3, 0.4) is 0 Å². The minimum atomic E-state index is 0.489. The van der Waals surface area contributed by atoms with E-state index in [2.05, 4.69) is 28.3 Å². The van der Waals surface area contributed by atoms with Gasteiger partial charge in [0.1, 0.15) is 11.8 Å². The lowest BCUT2D eigenvalue weighted by Crippen LogP contribution is -2.39. The molecule has 0 unspecified atom stereocenters. The van der Waals surface area contributed by atoms with E-state index in [1.54, 1.807) is 6.20 Å². The molecule has 96 valence electrons. The van der Waals surface area contributed by atoms with Gasteiger partial charge in [-0.2, -0.15) is 5.26 Å². The van der Waals surface area contributed by atoms with Crippen molar-refractivity contribution >= 4 is 5.69 Å². The molecule has 4 nitrogen and oxygen atoms in total. The lowest BCUT2D eigenvalue weighted by molar-refractivity contribution is 0.351. The van der Waals surface area contributed by atoms with Gasteiger partial charge in [0, 0.05) is 31.0 Å². The van der Waals surface area contributed by atoms with Crippen molar-refractivity contribution in [1.29, 1.82) is 5.26 Å². The summed E-state index contributed by atoms with van der Waals surface area (Å²) in [6, 6.07) is 7.18. The van der Waals surface area contributed by atoms with Gasteiger partial charge in [-0.15, -0.1) is 0 Å². The molecule has 0 atom stereocenters. The van der Waals surface area contributed by atoms with Gasteiger partial charge in [-0.25, -0.2) is 4.98 Å². The van der Waals surface area contributed by atoms with Crippen LogP contribution in [0.15, 0.2) is 18.3 Å². The van der Waals surface area contributed by atoms with E-state index in [0.29, 0.717) is 17.8 Å². The molecule has 0 saturated heterocycles. The second kappa shape index (κ2) is 5.83.